The third-order valence-electron chi connectivity index (χ3n) is 4.70. The number of methoxy groups -OCH3 is 2. The molecule has 1 amide bonds. The molecule has 0 heterocycles. The first-order valence-electron chi connectivity index (χ1n) is 7.47. The van der Waals surface area contributed by atoms with Crippen molar-refractivity contribution in [3.63, 3.8) is 0 Å². The summed E-state index contributed by atoms with van der Waals surface area (Å²) in [5.74, 6) is -2.00. The lowest BCUT2D eigenvalue weighted by Gasteiger charge is -2.28. The molecule has 0 aromatic heterocycles. The molecular formula is C17H18NO5-. The van der Waals surface area contributed by atoms with Gasteiger partial charge in [-0.1, -0.05) is 12.2 Å². The summed E-state index contributed by atoms with van der Waals surface area (Å²) in [6.07, 6.45) is 4.49. The number of carbonyl (C=O) groups is 2. The Kier molecular flexibility index (Phi) is 3.98. The van der Waals surface area contributed by atoms with E-state index in [1.54, 1.807) is 18.2 Å². The fourth-order valence-electron chi connectivity index (χ4n) is 3.63. The van der Waals surface area contributed by atoms with Crippen LogP contribution >= 0.6 is 0 Å². The van der Waals surface area contributed by atoms with Gasteiger partial charge in [0.1, 0.15) is 11.5 Å². The summed E-state index contributed by atoms with van der Waals surface area (Å²) in [6, 6.07) is 5.05. The van der Waals surface area contributed by atoms with E-state index in [-0.39, 0.29) is 17.7 Å². The number of amides is 1. The Labute approximate surface area is 134 Å². The summed E-state index contributed by atoms with van der Waals surface area (Å²) >= 11 is 0. The van der Waals surface area contributed by atoms with Crippen molar-refractivity contribution in [3.05, 3.63) is 30.4 Å². The number of carboxylic acid groups (broad SMARTS) is 1. The van der Waals surface area contributed by atoms with Crippen LogP contribution in [-0.2, 0) is 9.59 Å². The topological polar surface area (TPSA) is 87.7 Å². The van der Waals surface area contributed by atoms with Crippen LogP contribution < -0.4 is 19.9 Å². The number of ether oxygens (including phenoxy) is 2. The highest BCUT2D eigenvalue weighted by molar-refractivity contribution is 5.97. The van der Waals surface area contributed by atoms with Crippen LogP contribution in [0, 0.1) is 23.7 Å². The van der Waals surface area contributed by atoms with Crippen molar-refractivity contribution in [3.8, 4) is 11.5 Å². The first-order chi connectivity index (χ1) is 11.0. The standard InChI is InChI=1S/C17H19NO5/c1-22-11-5-6-13(23-2)12(8-11)18-16(19)14-9-3-4-10(7-9)15(14)17(20)21/h3-6,8-10,14-15H,7H2,1-2H3,(H,18,19)(H,20,21)/p-1/t9-,10+,14+,15+/m1/s1. The van der Waals surface area contributed by atoms with E-state index in [1.165, 1.54) is 14.2 Å². The summed E-state index contributed by atoms with van der Waals surface area (Å²) < 4.78 is 10.4. The first kappa shape index (κ1) is 15.4. The molecule has 0 spiro atoms. The van der Waals surface area contributed by atoms with Crippen LogP contribution in [0.15, 0.2) is 30.4 Å². The van der Waals surface area contributed by atoms with Crippen LogP contribution in [0.1, 0.15) is 6.42 Å². The smallest absolute Gasteiger partial charge is 0.228 e. The van der Waals surface area contributed by atoms with Crippen molar-refractivity contribution in [1.29, 1.82) is 0 Å². The van der Waals surface area contributed by atoms with E-state index < -0.39 is 17.8 Å². The van der Waals surface area contributed by atoms with Gasteiger partial charge in [0.25, 0.3) is 0 Å². The van der Waals surface area contributed by atoms with Crippen LogP contribution in [0.2, 0.25) is 0 Å². The van der Waals surface area contributed by atoms with E-state index >= 15 is 0 Å². The Morgan fingerprint density at radius 1 is 1.13 bits per heavy atom. The maximum absolute atomic E-state index is 12.7. The Balaban J connectivity index is 1.84. The number of anilines is 1. The Morgan fingerprint density at radius 2 is 1.83 bits per heavy atom. The maximum Gasteiger partial charge on any atom is 0.228 e. The second kappa shape index (κ2) is 5.95. The van der Waals surface area contributed by atoms with Gasteiger partial charge in [0.2, 0.25) is 5.91 Å². The number of carboxylic acids is 1. The lowest BCUT2D eigenvalue weighted by molar-refractivity contribution is -0.313. The fraction of sp³-hybridized carbons (Fsp3) is 0.412. The predicted octanol–water partition coefficient (Wildman–Crippen LogP) is 0.830. The number of aliphatic carboxylic acids is 1. The lowest BCUT2D eigenvalue weighted by atomic mass is 9.82. The van der Waals surface area contributed by atoms with Crippen LogP contribution in [0.4, 0.5) is 5.69 Å². The van der Waals surface area contributed by atoms with Crippen molar-refractivity contribution in [1.82, 2.24) is 0 Å². The van der Waals surface area contributed by atoms with Crippen LogP contribution in [0.25, 0.3) is 0 Å². The van der Waals surface area contributed by atoms with Gasteiger partial charge in [0.15, 0.2) is 0 Å². The van der Waals surface area contributed by atoms with Crippen molar-refractivity contribution in [2.75, 3.05) is 19.5 Å². The molecule has 1 fully saturated rings. The molecule has 122 valence electrons. The van der Waals surface area contributed by atoms with Gasteiger partial charge in [-0.3, -0.25) is 4.79 Å². The van der Waals surface area contributed by atoms with Gasteiger partial charge in [0, 0.05) is 18.0 Å². The lowest BCUT2D eigenvalue weighted by Crippen LogP contribution is -2.42. The minimum atomic E-state index is -1.17. The zero-order valence-electron chi connectivity index (χ0n) is 12.9. The largest absolute Gasteiger partial charge is 0.550 e. The highest BCUT2D eigenvalue weighted by atomic mass is 16.5. The van der Waals surface area contributed by atoms with Gasteiger partial charge in [-0.25, -0.2) is 0 Å². The molecule has 1 aromatic rings. The molecule has 0 aliphatic heterocycles. The van der Waals surface area contributed by atoms with E-state index in [1.807, 2.05) is 12.2 Å². The van der Waals surface area contributed by atoms with E-state index in [0.29, 0.717) is 23.6 Å². The molecular weight excluding hydrogens is 298 g/mol. The molecule has 3 rings (SSSR count). The number of hydrogen-bond donors (Lipinski definition) is 1. The molecule has 2 aliphatic carbocycles. The predicted molar refractivity (Wildman–Crippen MR) is 80.9 cm³/mol. The molecule has 0 unspecified atom stereocenters. The molecule has 6 heteroatoms. The zero-order chi connectivity index (χ0) is 16.6. The fourth-order valence-corrected chi connectivity index (χ4v) is 3.63. The number of rotatable bonds is 5. The van der Waals surface area contributed by atoms with Crippen molar-refractivity contribution in [2.24, 2.45) is 23.7 Å². The summed E-state index contributed by atoms with van der Waals surface area (Å²) in [4.78, 5) is 24.1. The third kappa shape index (κ3) is 2.65. The second-order valence-electron chi connectivity index (χ2n) is 5.87. The van der Waals surface area contributed by atoms with Crippen LogP contribution in [0.3, 0.4) is 0 Å². The molecule has 2 aliphatic rings. The van der Waals surface area contributed by atoms with Gasteiger partial charge < -0.3 is 24.7 Å². The monoisotopic (exact) mass is 316 g/mol. The Hall–Kier alpha value is -2.50. The average Bonchev–Trinajstić information content (AvgIpc) is 3.15. The Morgan fingerprint density at radius 3 is 2.43 bits per heavy atom. The molecule has 0 radical (unpaired) electrons. The van der Waals surface area contributed by atoms with Gasteiger partial charge in [-0.05, 0) is 30.4 Å². The number of hydrogen-bond acceptors (Lipinski definition) is 5. The Bertz CT molecular complexity index is 669. The highest BCUT2D eigenvalue weighted by Crippen LogP contribution is 2.48. The number of fused-ring (bicyclic) bond motifs is 2. The molecule has 6 nitrogen and oxygen atoms in total. The van der Waals surface area contributed by atoms with Gasteiger partial charge in [-0.15, -0.1) is 0 Å². The quantitative estimate of drug-likeness (QED) is 0.813. The molecule has 0 saturated heterocycles. The first-order valence-corrected chi connectivity index (χ1v) is 7.47. The highest BCUT2D eigenvalue weighted by Gasteiger charge is 2.48. The number of carbonyl (C=O) groups excluding carboxylic acids is 2. The molecule has 1 aromatic carbocycles. The summed E-state index contributed by atoms with van der Waals surface area (Å²) in [5, 5.41) is 14.2. The van der Waals surface area contributed by atoms with Crippen molar-refractivity contribution in [2.45, 2.75) is 6.42 Å². The van der Waals surface area contributed by atoms with Gasteiger partial charge in [0.05, 0.1) is 25.8 Å². The van der Waals surface area contributed by atoms with Crippen molar-refractivity contribution >= 4 is 17.6 Å². The van der Waals surface area contributed by atoms with Gasteiger partial charge in [-0.2, -0.15) is 0 Å². The third-order valence-corrected chi connectivity index (χ3v) is 4.70. The number of benzene rings is 1. The van der Waals surface area contributed by atoms with E-state index in [9.17, 15) is 14.7 Å². The summed E-state index contributed by atoms with van der Waals surface area (Å²) in [6.45, 7) is 0. The van der Waals surface area contributed by atoms with Gasteiger partial charge >= 0.3 is 0 Å². The van der Waals surface area contributed by atoms with E-state index in [2.05, 4.69) is 5.32 Å². The molecule has 2 bridgehead atoms. The molecule has 1 saturated carbocycles. The second-order valence-corrected chi connectivity index (χ2v) is 5.87. The van der Waals surface area contributed by atoms with Crippen molar-refractivity contribution < 1.29 is 24.2 Å². The maximum atomic E-state index is 12.7. The van der Waals surface area contributed by atoms with E-state index in [4.69, 9.17) is 9.47 Å². The number of nitrogens with one attached hydrogen (secondary N) is 1. The average molecular weight is 316 g/mol. The number of allylic oxidation sites excluding steroid dienone is 2. The zero-order valence-corrected chi connectivity index (χ0v) is 12.9. The minimum Gasteiger partial charge on any atom is -0.550 e. The summed E-state index contributed by atoms with van der Waals surface area (Å²) in [5.41, 5.74) is 0.459. The molecule has 23 heavy (non-hydrogen) atoms. The van der Waals surface area contributed by atoms with E-state index in [0.717, 1.165) is 0 Å². The van der Waals surface area contributed by atoms with Crippen LogP contribution in [-0.4, -0.2) is 26.1 Å². The summed E-state index contributed by atoms with van der Waals surface area (Å²) in [7, 11) is 3.03. The SMILES string of the molecule is COc1ccc(OC)c(NC(=O)[C@@H]2[C@@H](C(=O)[O-])[C@H]3C=C[C@@H]2C3)c1. The molecule has 4 atom stereocenters. The normalized spacial score (nSPS) is 27.7. The molecule has 1 N–H and O–H groups in total. The minimum absolute atomic E-state index is 0.0560. The van der Waals surface area contributed by atoms with Crippen LogP contribution in [0.5, 0.6) is 11.5 Å².